The van der Waals surface area contributed by atoms with Gasteiger partial charge in [-0.15, -0.1) is 0 Å². The van der Waals surface area contributed by atoms with Gasteiger partial charge in [0.15, 0.2) is 0 Å². The van der Waals surface area contributed by atoms with Crippen molar-refractivity contribution in [3.05, 3.63) is 72.0 Å². The van der Waals surface area contributed by atoms with Crippen LogP contribution in [0.3, 0.4) is 0 Å². The van der Waals surface area contributed by atoms with Crippen LogP contribution in [0.15, 0.2) is 65.1 Å². The van der Waals surface area contributed by atoms with Crippen LogP contribution in [0, 0.1) is 5.82 Å². The number of methoxy groups -OCH3 is 1. The highest BCUT2D eigenvalue weighted by atomic mass is 19.1. The van der Waals surface area contributed by atoms with Crippen LogP contribution < -0.4 is 15.4 Å². The van der Waals surface area contributed by atoms with Gasteiger partial charge in [0.25, 0.3) is 5.91 Å². The van der Waals surface area contributed by atoms with Crippen LogP contribution in [-0.4, -0.2) is 36.4 Å². The molecule has 3 aromatic carbocycles. The lowest BCUT2D eigenvalue weighted by Crippen LogP contribution is -2.42. The lowest BCUT2D eigenvalue weighted by molar-refractivity contribution is -0.133. The van der Waals surface area contributed by atoms with Crippen LogP contribution in [0.2, 0.25) is 0 Å². The smallest absolute Gasteiger partial charge is 0.325 e. The summed E-state index contributed by atoms with van der Waals surface area (Å²) in [5.41, 5.74) is 0.592. The fourth-order valence-corrected chi connectivity index (χ4v) is 4.17. The maximum atomic E-state index is 13.3. The van der Waals surface area contributed by atoms with Gasteiger partial charge < -0.3 is 19.8 Å². The monoisotopic (exact) mass is 461 g/mol. The Kier molecular flexibility index (Phi) is 4.97. The molecule has 8 nitrogen and oxygen atoms in total. The van der Waals surface area contributed by atoms with E-state index in [1.165, 1.54) is 38.3 Å². The molecule has 4 aromatic rings. The average Bonchev–Trinajstić information content (AvgIpc) is 3.28. The molecule has 1 atom stereocenters. The zero-order valence-corrected chi connectivity index (χ0v) is 18.3. The van der Waals surface area contributed by atoms with Gasteiger partial charge in [0.05, 0.1) is 12.8 Å². The summed E-state index contributed by atoms with van der Waals surface area (Å²) in [5.74, 6) is -1.27. The zero-order valence-electron chi connectivity index (χ0n) is 18.3. The maximum absolute atomic E-state index is 13.3. The second kappa shape index (κ2) is 7.87. The van der Waals surface area contributed by atoms with Gasteiger partial charge in [-0.05, 0) is 36.8 Å². The summed E-state index contributed by atoms with van der Waals surface area (Å²) in [4.78, 5) is 39.2. The van der Waals surface area contributed by atoms with Gasteiger partial charge in [-0.2, -0.15) is 0 Å². The van der Waals surface area contributed by atoms with Crippen LogP contribution in [0.5, 0.6) is 5.75 Å². The Morgan fingerprint density at radius 1 is 1.09 bits per heavy atom. The number of benzene rings is 3. The highest BCUT2D eigenvalue weighted by molar-refractivity contribution is 6.11. The van der Waals surface area contributed by atoms with Crippen molar-refractivity contribution < 1.29 is 27.9 Å². The predicted octanol–water partition coefficient (Wildman–Crippen LogP) is 4.14. The van der Waals surface area contributed by atoms with Crippen LogP contribution in [0.4, 0.5) is 14.9 Å². The predicted molar refractivity (Wildman–Crippen MR) is 123 cm³/mol. The van der Waals surface area contributed by atoms with Crippen molar-refractivity contribution in [2.75, 3.05) is 19.0 Å². The molecule has 1 aromatic heterocycles. The number of ether oxygens (including phenoxy) is 1. The summed E-state index contributed by atoms with van der Waals surface area (Å²) in [6, 6.07) is 15.5. The number of rotatable bonds is 5. The number of nitrogens with one attached hydrogen (secondary N) is 2. The lowest BCUT2D eigenvalue weighted by atomic mass is 9.92. The summed E-state index contributed by atoms with van der Waals surface area (Å²) in [6.45, 7) is 1.000. The Morgan fingerprint density at radius 2 is 1.82 bits per heavy atom. The molecule has 1 aliphatic heterocycles. The van der Waals surface area contributed by atoms with Crippen LogP contribution in [-0.2, 0) is 15.1 Å². The first-order valence-electron chi connectivity index (χ1n) is 10.5. The maximum Gasteiger partial charge on any atom is 0.325 e. The minimum atomic E-state index is -1.41. The van der Waals surface area contributed by atoms with E-state index in [0.717, 1.165) is 15.7 Å². The molecular formula is C25H20FN3O5. The van der Waals surface area contributed by atoms with Gasteiger partial charge in [-0.3, -0.25) is 14.5 Å². The van der Waals surface area contributed by atoms with Crippen molar-refractivity contribution in [3.63, 3.8) is 0 Å². The quantitative estimate of drug-likeness (QED) is 0.435. The first kappa shape index (κ1) is 21.4. The molecule has 5 rings (SSSR count). The van der Waals surface area contributed by atoms with Crippen molar-refractivity contribution in [3.8, 4) is 5.75 Å². The van der Waals surface area contributed by atoms with E-state index in [1.807, 2.05) is 24.3 Å². The third-order valence-corrected chi connectivity index (χ3v) is 5.97. The molecule has 1 saturated heterocycles. The number of hydrogen-bond acceptors (Lipinski definition) is 5. The summed E-state index contributed by atoms with van der Waals surface area (Å²) in [7, 11) is 1.48. The summed E-state index contributed by atoms with van der Waals surface area (Å²) in [5, 5.41) is 7.02. The highest BCUT2D eigenvalue weighted by Gasteiger charge is 2.49. The number of carbonyl (C=O) groups is 3. The molecule has 0 radical (unpaired) electrons. The number of anilines is 1. The molecular weight excluding hydrogens is 441 g/mol. The van der Waals surface area contributed by atoms with Crippen molar-refractivity contribution in [1.29, 1.82) is 0 Å². The zero-order chi connectivity index (χ0) is 24.0. The third-order valence-electron chi connectivity index (χ3n) is 5.97. The van der Waals surface area contributed by atoms with Gasteiger partial charge in [0.1, 0.15) is 34.8 Å². The number of amides is 4. The molecule has 2 heterocycles. The number of imide groups is 1. The van der Waals surface area contributed by atoms with E-state index in [1.54, 1.807) is 12.1 Å². The molecule has 34 heavy (non-hydrogen) atoms. The Bertz CT molecular complexity index is 1460. The van der Waals surface area contributed by atoms with Crippen molar-refractivity contribution in [2.45, 2.75) is 12.5 Å². The number of urea groups is 1. The molecule has 4 amide bonds. The van der Waals surface area contributed by atoms with Gasteiger partial charge in [-0.25, -0.2) is 9.18 Å². The molecule has 2 N–H and O–H groups in total. The molecule has 0 saturated carbocycles. The van der Waals surface area contributed by atoms with E-state index >= 15 is 0 Å². The average molecular weight is 461 g/mol. The molecule has 172 valence electrons. The molecule has 1 aliphatic rings. The van der Waals surface area contributed by atoms with E-state index in [0.29, 0.717) is 28.2 Å². The van der Waals surface area contributed by atoms with Gasteiger partial charge in [0.2, 0.25) is 5.91 Å². The second-order valence-corrected chi connectivity index (χ2v) is 8.15. The fourth-order valence-electron chi connectivity index (χ4n) is 4.17. The van der Waals surface area contributed by atoms with E-state index in [2.05, 4.69) is 10.6 Å². The lowest BCUT2D eigenvalue weighted by Gasteiger charge is -2.22. The summed E-state index contributed by atoms with van der Waals surface area (Å²) >= 11 is 0. The Labute approximate surface area is 193 Å². The van der Waals surface area contributed by atoms with E-state index in [9.17, 15) is 18.8 Å². The first-order valence-corrected chi connectivity index (χ1v) is 10.5. The second-order valence-electron chi connectivity index (χ2n) is 8.15. The van der Waals surface area contributed by atoms with Crippen molar-refractivity contribution in [2.24, 2.45) is 0 Å². The number of para-hydroxylation sites is 1. The number of nitrogens with zero attached hydrogens (tertiary/aromatic N) is 1. The number of halogens is 1. The van der Waals surface area contributed by atoms with Crippen LogP contribution >= 0.6 is 0 Å². The molecule has 0 aliphatic carbocycles. The molecule has 0 spiro atoms. The van der Waals surface area contributed by atoms with Gasteiger partial charge in [0, 0.05) is 16.8 Å². The minimum absolute atomic E-state index is 0.340. The van der Waals surface area contributed by atoms with Crippen molar-refractivity contribution >= 4 is 45.5 Å². The molecule has 9 heteroatoms. The van der Waals surface area contributed by atoms with E-state index in [-0.39, 0.29) is 0 Å². The highest BCUT2D eigenvalue weighted by Crippen LogP contribution is 2.36. The molecule has 0 bridgehead atoms. The largest absolute Gasteiger partial charge is 0.495 e. The number of fused-ring (bicyclic) bond motifs is 3. The standard InChI is InChI=1S/C25H20FN3O5/c1-25(14-7-9-15(26)10-8-14)23(31)29(24(32)28-25)13-22(30)27-18-12-20-17(11-21(18)33-2)16-5-3-4-6-19(16)34-20/h3-12H,13H2,1-2H3,(H,27,30)(H,28,32). The summed E-state index contributed by atoms with van der Waals surface area (Å²) in [6.07, 6.45) is 0. The van der Waals surface area contributed by atoms with E-state index < -0.39 is 35.7 Å². The number of furan rings is 1. The van der Waals surface area contributed by atoms with Crippen LogP contribution in [0.1, 0.15) is 12.5 Å². The Hall–Kier alpha value is -4.40. The number of carbonyl (C=O) groups excluding carboxylic acids is 3. The third kappa shape index (κ3) is 3.42. The topological polar surface area (TPSA) is 101 Å². The summed E-state index contributed by atoms with van der Waals surface area (Å²) < 4.78 is 24.6. The molecule has 1 fully saturated rings. The SMILES string of the molecule is COc1cc2c(cc1NC(=O)CN1C(=O)NC(C)(c3ccc(F)cc3)C1=O)oc1ccccc12. The number of hydrogen-bond donors (Lipinski definition) is 2. The normalized spacial score (nSPS) is 17.9. The van der Waals surface area contributed by atoms with Gasteiger partial charge in [-0.1, -0.05) is 30.3 Å². The van der Waals surface area contributed by atoms with E-state index in [4.69, 9.17) is 9.15 Å². The van der Waals surface area contributed by atoms with Gasteiger partial charge >= 0.3 is 6.03 Å². The molecule has 1 unspecified atom stereocenters. The minimum Gasteiger partial charge on any atom is -0.495 e. The van der Waals surface area contributed by atoms with Crippen LogP contribution in [0.25, 0.3) is 21.9 Å². The Balaban J connectivity index is 1.38. The Morgan fingerprint density at radius 3 is 2.56 bits per heavy atom. The fraction of sp³-hybridized carbons (Fsp3) is 0.160. The first-order chi connectivity index (χ1) is 16.3. The van der Waals surface area contributed by atoms with Crippen molar-refractivity contribution in [1.82, 2.24) is 10.2 Å².